The first-order valence-corrected chi connectivity index (χ1v) is 7.25. The molecule has 0 saturated carbocycles. The summed E-state index contributed by atoms with van der Waals surface area (Å²) in [6.07, 6.45) is -3.31. The molecule has 0 fully saturated rings. The van der Waals surface area contributed by atoms with Gasteiger partial charge in [0.25, 0.3) is 0 Å². The molecule has 0 saturated heterocycles. The van der Waals surface area contributed by atoms with Crippen LogP contribution in [0.15, 0.2) is 53.7 Å². The summed E-state index contributed by atoms with van der Waals surface area (Å²) in [5.74, 6) is -0.736. The molecule has 20 heavy (non-hydrogen) atoms. The van der Waals surface area contributed by atoms with Crippen LogP contribution in [-0.4, -0.2) is 13.4 Å². The summed E-state index contributed by atoms with van der Waals surface area (Å²) in [5.41, 5.74) is -1.23. The lowest BCUT2D eigenvalue weighted by atomic mass is 10.1. The van der Waals surface area contributed by atoms with Gasteiger partial charge >= 0.3 is 6.18 Å². The van der Waals surface area contributed by atoms with E-state index in [9.17, 15) is 21.6 Å². The van der Waals surface area contributed by atoms with Crippen molar-refractivity contribution in [2.75, 3.05) is 0 Å². The van der Waals surface area contributed by atoms with Crippen LogP contribution in [0.1, 0.15) is 11.1 Å². The zero-order valence-corrected chi connectivity index (χ0v) is 10.9. The van der Waals surface area contributed by atoms with E-state index in [2.05, 4.69) is 4.98 Å². The van der Waals surface area contributed by atoms with Crippen molar-refractivity contribution in [1.29, 1.82) is 0 Å². The highest BCUT2D eigenvalue weighted by atomic mass is 32.2. The zero-order chi connectivity index (χ0) is 14.8. The second-order valence-corrected chi connectivity index (χ2v) is 6.02. The van der Waals surface area contributed by atoms with Crippen LogP contribution in [-0.2, 0) is 21.8 Å². The maximum Gasteiger partial charge on any atom is 0.416 e. The van der Waals surface area contributed by atoms with Crippen LogP contribution >= 0.6 is 0 Å². The Hall–Kier alpha value is -1.89. The summed E-state index contributed by atoms with van der Waals surface area (Å²) in [4.78, 5) is 3.67. The molecule has 0 amide bonds. The number of alkyl halides is 3. The van der Waals surface area contributed by atoms with E-state index in [0.717, 1.165) is 12.1 Å². The molecule has 0 atom stereocenters. The molecule has 0 radical (unpaired) electrons. The molecular weight excluding hydrogens is 291 g/mol. The van der Waals surface area contributed by atoms with E-state index in [1.807, 2.05) is 0 Å². The molecular formula is C13H10F3NO2S. The maximum atomic E-state index is 12.8. The van der Waals surface area contributed by atoms with Crippen LogP contribution in [0.5, 0.6) is 0 Å². The van der Waals surface area contributed by atoms with E-state index < -0.39 is 27.3 Å². The SMILES string of the molecule is O=S(=O)(Cc1ccccc1C(F)(F)F)c1ccccn1. The average molecular weight is 301 g/mol. The summed E-state index contributed by atoms with van der Waals surface area (Å²) in [6, 6.07) is 8.87. The van der Waals surface area contributed by atoms with Gasteiger partial charge in [0.15, 0.2) is 14.9 Å². The van der Waals surface area contributed by atoms with Crippen molar-refractivity contribution in [3.05, 3.63) is 59.8 Å². The van der Waals surface area contributed by atoms with Crippen LogP contribution in [0.25, 0.3) is 0 Å². The number of sulfone groups is 1. The van der Waals surface area contributed by atoms with Gasteiger partial charge in [0.1, 0.15) is 0 Å². The van der Waals surface area contributed by atoms with E-state index in [0.29, 0.717) is 0 Å². The Morgan fingerprint density at radius 1 is 1.00 bits per heavy atom. The Morgan fingerprint density at radius 3 is 2.25 bits per heavy atom. The molecule has 0 aliphatic carbocycles. The van der Waals surface area contributed by atoms with E-state index in [-0.39, 0.29) is 10.6 Å². The normalized spacial score (nSPS) is 12.3. The van der Waals surface area contributed by atoms with Gasteiger partial charge in [0.2, 0.25) is 0 Å². The summed E-state index contributed by atoms with van der Waals surface area (Å²) in [7, 11) is -3.91. The van der Waals surface area contributed by atoms with Crippen molar-refractivity contribution in [2.24, 2.45) is 0 Å². The fourth-order valence-corrected chi connectivity index (χ4v) is 3.05. The summed E-state index contributed by atoms with van der Waals surface area (Å²) >= 11 is 0. The lowest BCUT2D eigenvalue weighted by Crippen LogP contribution is -2.13. The second-order valence-electron chi connectivity index (χ2n) is 4.08. The molecule has 2 aromatic rings. The van der Waals surface area contributed by atoms with Crippen LogP contribution in [0.4, 0.5) is 13.2 Å². The van der Waals surface area contributed by atoms with Gasteiger partial charge < -0.3 is 0 Å². The van der Waals surface area contributed by atoms with Crippen LogP contribution in [0, 0.1) is 0 Å². The average Bonchev–Trinajstić information content (AvgIpc) is 2.39. The van der Waals surface area contributed by atoms with Crippen LogP contribution in [0.2, 0.25) is 0 Å². The number of hydrogen-bond acceptors (Lipinski definition) is 3. The van der Waals surface area contributed by atoms with Crippen molar-refractivity contribution < 1.29 is 21.6 Å². The third kappa shape index (κ3) is 3.16. The highest BCUT2D eigenvalue weighted by Crippen LogP contribution is 2.33. The third-order valence-corrected chi connectivity index (χ3v) is 4.19. The predicted octanol–water partition coefficient (Wildman–Crippen LogP) is 3.07. The first kappa shape index (κ1) is 14.5. The quantitative estimate of drug-likeness (QED) is 0.875. The second kappa shape index (κ2) is 5.24. The Bertz CT molecular complexity index is 697. The van der Waals surface area contributed by atoms with E-state index in [4.69, 9.17) is 0 Å². The molecule has 7 heteroatoms. The Kier molecular flexibility index (Phi) is 3.80. The van der Waals surface area contributed by atoms with E-state index in [1.54, 1.807) is 0 Å². The number of rotatable bonds is 3. The Balaban J connectivity index is 2.41. The predicted molar refractivity (Wildman–Crippen MR) is 66.6 cm³/mol. The van der Waals surface area contributed by atoms with Gasteiger partial charge in [0.05, 0.1) is 11.3 Å². The number of benzene rings is 1. The molecule has 0 aliphatic rings. The van der Waals surface area contributed by atoms with Gasteiger partial charge in [0, 0.05) is 6.20 Å². The van der Waals surface area contributed by atoms with Gasteiger partial charge in [-0.2, -0.15) is 13.2 Å². The molecule has 2 rings (SSSR count). The molecule has 0 spiro atoms. The van der Waals surface area contributed by atoms with Crippen LogP contribution in [0.3, 0.4) is 0 Å². The fraction of sp³-hybridized carbons (Fsp3) is 0.154. The Morgan fingerprint density at radius 2 is 1.65 bits per heavy atom. The zero-order valence-electron chi connectivity index (χ0n) is 10.1. The van der Waals surface area contributed by atoms with Gasteiger partial charge in [-0.05, 0) is 23.8 Å². The number of pyridine rings is 1. The van der Waals surface area contributed by atoms with Crippen molar-refractivity contribution in [2.45, 2.75) is 17.0 Å². The first-order chi connectivity index (χ1) is 9.31. The molecule has 1 aromatic carbocycles. The lowest BCUT2D eigenvalue weighted by molar-refractivity contribution is -0.138. The van der Waals surface area contributed by atoms with Crippen LogP contribution < -0.4 is 0 Å². The van der Waals surface area contributed by atoms with Gasteiger partial charge in [-0.3, -0.25) is 0 Å². The van der Waals surface area contributed by atoms with Crippen molar-refractivity contribution in [1.82, 2.24) is 4.98 Å². The minimum absolute atomic E-state index is 0.239. The molecule has 106 valence electrons. The number of halogens is 3. The molecule has 1 aromatic heterocycles. The van der Waals surface area contributed by atoms with E-state index in [1.165, 1.54) is 36.5 Å². The molecule has 0 aliphatic heterocycles. The standard InChI is InChI=1S/C13H10F3NO2S/c14-13(15,16)11-6-2-1-5-10(11)9-20(18,19)12-7-3-4-8-17-12/h1-8H,9H2. The third-order valence-electron chi connectivity index (χ3n) is 2.62. The summed E-state index contributed by atoms with van der Waals surface area (Å²) < 4.78 is 62.5. The molecule has 1 heterocycles. The van der Waals surface area contributed by atoms with Crippen molar-refractivity contribution in [3.8, 4) is 0 Å². The van der Waals surface area contributed by atoms with Crippen molar-refractivity contribution >= 4 is 9.84 Å². The topological polar surface area (TPSA) is 47.0 Å². The smallest absolute Gasteiger partial charge is 0.245 e. The van der Waals surface area contributed by atoms with Gasteiger partial charge in [-0.15, -0.1) is 0 Å². The highest BCUT2D eigenvalue weighted by Gasteiger charge is 2.34. The first-order valence-electron chi connectivity index (χ1n) is 5.59. The molecule has 3 nitrogen and oxygen atoms in total. The minimum Gasteiger partial charge on any atom is -0.245 e. The number of nitrogens with zero attached hydrogens (tertiary/aromatic N) is 1. The fourth-order valence-electron chi connectivity index (χ4n) is 1.73. The summed E-state index contributed by atoms with van der Waals surface area (Å²) in [5, 5.41) is -0.239. The number of aromatic nitrogens is 1. The van der Waals surface area contributed by atoms with Crippen molar-refractivity contribution in [3.63, 3.8) is 0 Å². The van der Waals surface area contributed by atoms with Gasteiger partial charge in [-0.25, -0.2) is 13.4 Å². The molecule has 0 unspecified atom stereocenters. The maximum absolute atomic E-state index is 12.8. The lowest BCUT2D eigenvalue weighted by Gasteiger charge is -2.12. The summed E-state index contributed by atoms with van der Waals surface area (Å²) in [6.45, 7) is 0. The molecule has 0 N–H and O–H groups in total. The monoisotopic (exact) mass is 301 g/mol. The largest absolute Gasteiger partial charge is 0.416 e. The molecule has 0 bridgehead atoms. The Labute approximate surface area is 114 Å². The minimum atomic E-state index is -4.59. The van der Waals surface area contributed by atoms with E-state index >= 15 is 0 Å². The highest BCUT2D eigenvalue weighted by molar-refractivity contribution is 7.90. The number of hydrogen-bond donors (Lipinski definition) is 0. The van der Waals surface area contributed by atoms with Gasteiger partial charge in [-0.1, -0.05) is 24.3 Å².